The predicted octanol–water partition coefficient (Wildman–Crippen LogP) is 3.03. The van der Waals surface area contributed by atoms with Gasteiger partial charge >= 0.3 is 11.8 Å². The molecule has 0 aromatic heterocycles. The van der Waals surface area contributed by atoms with Gasteiger partial charge in [-0.15, -0.1) is 0 Å². The fourth-order valence-electron chi connectivity index (χ4n) is 2.50. The normalized spacial score (nSPS) is 10.5. The summed E-state index contributed by atoms with van der Waals surface area (Å²) in [4.78, 5) is 23.6. The number of nitrogens with zero attached hydrogens (tertiary/aromatic N) is 1. The standard InChI is InChI=1S/C23H21N3O3/c27-22(24-15-18-8-3-1-4-9-18)23(28)26-25-16-20-12-7-13-21(14-20)29-17-19-10-5-2-6-11-19/h1-14,16H,15,17H2,(H,24,27)(H,26,28)/b25-16-. The van der Waals surface area contributed by atoms with Gasteiger partial charge in [-0.3, -0.25) is 9.59 Å². The van der Waals surface area contributed by atoms with Crippen molar-refractivity contribution in [3.05, 3.63) is 102 Å². The molecule has 0 saturated heterocycles. The van der Waals surface area contributed by atoms with Crippen LogP contribution in [0.1, 0.15) is 16.7 Å². The Bertz CT molecular complexity index is 973. The molecule has 29 heavy (non-hydrogen) atoms. The average Bonchev–Trinajstić information content (AvgIpc) is 2.77. The Morgan fingerprint density at radius 2 is 1.52 bits per heavy atom. The molecule has 0 aliphatic rings. The first kappa shape index (κ1) is 19.8. The van der Waals surface area contributed by atoms with Crippen LogP contribution >= 0.6 is 0 Å². The summed E-state index contributed by atoms with van der Waals surface area (Å²) >= 11 is 0. The zero-order valence-corrected chi connectivity index (χ0v) is 15.7. The van der Waals surface area contributed by atoms with Gasteiger partial charge < -0.3 is 10.1 Å². The smallest absolute Gasteiger partial charge is 0.329 e. The van der Waals surface area contributed by atoms with Gasteiger partial charge in [0.15, 0.2) is 0 Å². The van der Waals surface area contributed by atoms with Crippen molar-refractivity contribution in [2.75, 3.05) is 0 Å². The maximum Gasteiger partial charge on any atom is 0.329 e. The molecule has 0 radical (unpaired) electrons. The van der Waals surface area contributed by atoms with Crippen molar-refractivity contribution >= 4 is 18.0 Å². The Morgan fingerprint density at radius 1 is 0.828 bits per heavy atom. The highest BCUT2D eigenvalue weighted by molar-refractivity contribution is 6.35. The lowest BCUT2D eigenvalue weighted by molar-refractivity contribution is -0.139. The third kappa shape index (κ3) is 6.62. The van der Waals surface area contributed by atoms with Gasteiger partial charge in [0.05, 0.1) is 6.21 Å². The summed E-state index contributed by atoms with van der Waals surface area (Å²) in [5, 5.41) is 6.38. The number of carbonyl (C=O) groups excluding carboxylic acids is 2. The molecule has 0 spiro atoms. The fourth-order valence-corrected chi connectivity index (χ4v) is 2.50. The van der Waals surface area contributed by atoms with Gasteiger partial charge in [0, 0.05) is 6.54 Å². The Labute approximate surface area is 169 Å². The van der Waals surface area contributed by atoms with E-state index in [1.165, 1.54) is 6.21 Å². The second-order valence-corrected chi connectivity index (χ2v) is 6.21. The molecule has 3 rings (SSSR count). The zero-order chi connectivity index (χ0) is 20.3. The van der Waals surface area contributed by atoms with Gasteiger partial charge in [0.2, 0.25) is 0 Å². The second kappa shape index (κ2) is 10.4. The van der Waals surface area contributed by atoms with E-state index in [1.807, 2.05) is 78.9 Å². The number of amides is 2. The highest BCUT2D eigenvalue weighted by Gasteiger charge is 2.11. The summed E-state index contributed by atoms with van der Waals surface area (Å²) in [6.07, 6.45) is 1.46. The summed E-state index contributed by atoms with van der Waals surface area (Å²) in [6.45, 7) is 0.733. The molecule has 0 bridgehead atoms. The monoisotopic (exact) mass is 387 g/mol. The highest BCUT2D eigenvalue weighted by atomic mass is 16.5. The Morgan fingerprint density at radius 3 is 2.24 bits per heavy atom. The molecule has 2 N–H and O–H groups in total. The van der Waals surface area contributed by atoms with Crippen molar-refractivity contribution in [2.45, 2.75) is 13.2 Å². The zero-order valence-electron chi connectivity index (χ0n) is 15.7. The third-order valence-electron chi connectivity index (χ3n) is 3.99. The Kier molecular flexibility index (Phi) is 7.12. The molecule has 0 unspecified atom stereocenters. The first-order valence-electron chi connectivity index (χ1n) is 9.12. The molecule has 6 heteroatoms. The highest BCUT2D eigenvalue weighted by Crippen LogP contribution is 2.14. The molecule has 0 atom stereocenters. The average molecular weight is 387 g/mol. The molecule has 3 aromatic rings. The van der Waals surface area contributed by atoms with Crippen molar-refractivity contribution in [1.29, 1.82) is 0 Å². The van der Waals surface area contributed by atoms with Gasteiger partial charge in [-0.1, -0.05) is 72.8 Å². The lowest BCUT2D eigenvalue weighted by Gasteiger charge is -2.07. The third-order valence-corrected chi connectivity index (χ3v) is 3.99. The molecule has 146 valence electrons. The predicted molar refractivity (Wildman–Crippen MR) is 111 cm³/mol. The van der Waals surface area contributed by atoms with Crippen LogP contribution in [0, 0.1) is 0 Å². The van der Waals surface area contributed by atoms with Crippen LogP contribution in [0.25, 0.3) is 0 Å². The summed E-state index contributed by atoms with van der Waals surface area (Å²) in [5.41, 5.74) is 4.94. The van der Waals surface area contributed by atoms with Gasteiger partial charge in [-0.25, -0.2) is 5.43 Å². The van der Waals surface area contributed by atoms with Crippen molar-refractivity contribution in [3.8, 4) is 5.75 Å². The molecule has 0 aliphatic heterocycles. The molecule has 6 nitrogen and oxygen atoms in total. The van der Waals surface area contributed by atoms with Crippen LogP contribution in [0.3, 0.4) is 0 Å². The molecule has 0 heterocycles. The van der Waals surface area contributed by atoms with E-state index in [1.54, 1.807) is 6.07 Å². The number of benzene rings is 3. The molecular formula is C23H21N3O3. The van der Waals surface area contributed by atoms with E-state index in [0.717, 1.165) is 16.7 Å². The van der Waals surface area contributed by atoms with Crippen molar-refractivity contribution in [1.82, 2.24) is 10.7 Å². The Balaban J connectivity index is 1.46. The number of ether oxygens (including phenoxy) is 1. The molecule has 3 aromatic carbocycles. The first-order chi connectivity index (χ1) is 14.2. The van der Waals surface area contributed by atoms with E-state index >= 15 is 0 Å². The van der Waals surface area contributed by atoms with Crippen LogP contribution in [0.15, 0.2) is 90.0 Å². The van der Waals surface area contributed by atoms with Gasteiger partial charge in [0.1, 0.15) is 12.4 Å². The van der Waals surface area contributed by atoms with E-state index in [-0.39, 0.29) is 6.54 Å². The number of carbonyl (C=O) groups is 2. The van der Waals surface area contributed by atoms with Gasteiger partial charge in [-0.05, 0) is 28.8 Å². The fraction of sp³-hybridized carbons (Fsp3) is 0.0870. The number of rotatable bonds is 7. The lowest BCUT2D eigenvalue weighted by atomic mass is 10.2. The van der Waals surface area contributed by atoms with Crippen molar-refractivity contribution < 1.29 is 14.3 Å². The Hall–Kier alpha value is -3.93. The van der Waals surface area contributed by atoms with Crippen LogP contribution in [-0.4, -0.2) is 18.0 Å². The number of nitrogens with one attached hydrogen (secondary N) is 2. The summed E-state index contributed by atoms with van der Waals surface area (Å²) in [6, 6.07) is 26.5. The minimum Gasteiger partial charge on any atom is -0.489 e. The summed E-state index contributed by atoms with van der Waals surface area (Å²) < 4.78 is 5.76. The molecular weight excluding hydrogens is 366 g/mol. The van der Waals surface area contributed by atoms with Crippen LogP contribution < -0.4 is 15.5 Å². The van der Waals surface area contributed by atoms with Gasteiger partial charge in [0.25, 0.3) is 0 Å². The lowest BCUT2D eigenvalue weighted by Crippen LogP contribution is -2.37. The van der Waals surface area contributed by atoms with Crippen LogP contribution in [0.4, 0.5) is 0 Å². The largest absolute Gasteiger partial charge is 0.489 e. The van der Waals surface area contributed by atoms with Crippen molar-refractivity contribution in [3.63, 3.8) is 0 Å². The van der Waals surface area contributed by atoms with Crippen molar-refractivity contribution in [2.24, 2.45) is 5.10 Å². The van der Waals surface area contributed by atoms with Crippen LogP contribution in [0.2, 0.25) is 0 Å². The molecule has 2 amide bonds. The number of hydrogen-bond acceptors (Lipinski definition) is 4. The van der Waals surface area contributed by atoms with E-state index in [9.17, 15) is 9.59 Å². The first-order valence-corrected chi connectivity index (χ1v) is 9.12. The van der Waals surface area contributed by atoms with Crippen LogP contribution in [0.5, 0.6) is 5.75 Å². The molecule has 0 aliphatic carbocycles. The number of hydrazone groups is 1. The van der Waals surface area contributed by atoms with E-state index in [2.05, 4.69) is 15.8 Å². The molecule has 0 fully saturated rings. The number of hydrogen-bond donors (Lipinski definition) is 2. The quantitative estimate of drug-likeness (QED) is 0.372. The SMILES string of the molecule is O=C(NCc1ccccc1)C(=O)N/N=C\c1cccc(OCc2ccccc2)c1. The van der Waals surface area contributed by atoms with E-state index in [4.69, 9.17) is 4.74 Å². The molecule has 0 saturated carbocycles. The van der Waals surface area contributed by atoms with Gasteiger partial charge in [-0.2, -0.15) is 5.10 Å². The maximum atomic E-state index is 11.8. The summed E-state index contributed by atoms with van der Waals surface area (Å²) in [5.74, 6) is -0.885. The second-order valence-electron chi connectivity index (χ2n) is 6.21. The minimum absolute atomic E-state index is 0.275. The topological polar surface area (TPSA) is 79.8 Å². The van der Waals surface area contributed by atoms with E-state index in [0.29, 0.717) is 12.4 Å². The maximum absolute atomic E-state index is 11.8. The van der Waals surface area contributed by atoms with E-state index < -0.39 is 11.8 Å². The minimum atomic E-state index is -0.825. The van der Waals surface area contributed by atoms with Crippen LogP contribution in [-0.2, 0) is 22.7 Å². The summed E-state index contributed by atoms with van der Waals surface area (Å²) in [7, 11) is 0.